The van der Waals surface area contributed by atoms with Crippen LogP contribution < -0.4 is 0 Å². The van der Waals surface area contributed by atoms with Crippen LogP contribution >= 0.6 is 0 Å². The normalized spacial score (nSPS) is 26.4. The summed E-state index contributed by atoms with van der Waals surface area (Å²) in [6.45, 7) is 0.819. The molecule has 2 rings (SSSR count). The fourth-order valence-electron chi connectivity index (χ4n) is 2.37. The fraction of sp³-hybridized carbons (Fsp3) is 0.909. The molecule has 2 fully saturated rings. The van der Waals surface area contributed by atoms with Crippen molar-refractivity contribution in [1.29, 1.82) is 0 Å². The van der Waals surface area contributed by atoms with Gasteiger partial charge in [-0.15, -0.1) is 0 Å². The Bertz CT molecular complexity index is 419. The molecule has 0 radical (unpaired) electrons. The second-order valence-electron chi connectivity index (χ2n) is 5.19. The summed E-state index contributed by atoms with van der Waals surface area (Å²) in [4.78, 5) is 11.1. The molecule has 1 aliphatic carbocycles. The van der Waals surface area contributed by atoms with Gasteiger partial charge in [-0.3, -0.25) is 4.79 Å². The van der Waals surface area contributed by atoms with E-state index in [9.17, 15) is 13.2 Å². The summed E-state index contributed by atoms with van der Waals surface area (Å²) in [7, 11) is -2.08. The summed E-state index contributed by atoms with van der Waals surface area (Å²) < 4.78 is 27.2. The molecule has 7 heteroatoms. The predicted molar refractivity (Wildman–Crippen MR) is 66.3 cm³/mol. The van der Waals surface area contributed by atoms with Crippen LogP contribution in [0.4, 0.5) is 0 Å². The third-order valence-electron chi connectivity index (χ3n) is 3.64. The zero-order chi connectivity index (χ0) is 13.3. The summed E-state index contributed by atoms with van der Waals surface area (Å²) in [5.41, 5.74) is 0. The zero-order valence-corrected chi connectivity index (χ0v) is 11.4. The van der Waals surface area contributed by atoms with Crippen LogP contribution in [0.15, 0.2) is 0 Å². The number of hydrogen-bond donors (Lipinski definition) is 1. The molecule has 1 N–H and O–H groups in total. The molecular weight excluding hydrogens is 256 g/mol. The van der Waals surface area contributed by atoms with Crippen LogP contribution in [0.2, 0.25) is 0 Å². The molecule has 0 spiro atoms. The molecule has 6 nitrogen and oxygen atoms in total. The highest BCUT2D eigenvalue weighted by Gasteiger charge is 2.40. The van der Waals surface area contributed by atoms with E-state index in [1.165, 1.54) is 4.31 Å². The standard InChI is InChI=1S/C11H20N2O4S/c1-12(8-9-5-6-9)18(16,17)13-7-3-2-4-10(13)11(14)15/h9-10H,2-8H2,1H3,(H,14,15). The van der Waals surface area contributed by atoms with Gasteiger partial charge in [-0.05, 0) is 38.0 Å². The number of carbonyl (C=O) groups is 1. The van der Waals surface area contributed by atoms with E-state index in [4.69, 9.17) is 5.11 Å². The molecule has 1 atom stereocenters. The molecule has 0 amide bonds. The minimum atomic E-state index is -3.63. The summed E-state index contributed by atoms with van der Waals surface area (Å²) in [6, 6.07) is -0.898. The van der Waals surface area contributed by atoms with E-state index in [0.29, 0.717) is 25.4 Å². The molecule has 2 aliphatic rings. The minimum absolute atomic E-state index is 0.314. The quantitative estimate of drug-likeness (QED) is 0.793. The maximum absolute atomic E-state index is 12.4. The third-order valence-corrected chi connectivity index (χ3v) is 5.61. The minimum Gasteiger partial charge on any atom is -0.480 e. The lowest BCUT2D eigenvalue weighted by atomic mass is 10.1. The lowest BCUT2D eigenvalue weighted by Crippen LogP contribution is -2.52. The van der Waals surface area contributed by atoms with Crippen molar-refractivity contribution in [1.82, 2.24) is 8.61 Å². The lowest BCUT2D eigenvalue weighted by molar-refractivity contribution is -0.142. The first-order valence-corrected chi connectivity index (χ1v) is 7.78. The Hall–Kier alpha value is -0.660. The van der Waals surface area contributed by atoms with Gasteiger partial charge in [0.25, 0.3) is 10.2 Å². The monoisotopic (exact) mass is 276 g/mol. The highest BCUT2D eigenvalue weighted by molar-refractivity contribution is 7.86. The van der Waals surface area contributed by atoms with Crippen LogP contribution in [0.3, 0.4) is 0 Å². The molecule has 0 aromatic carbocycles. The van der Waals surface area contributed by atoms with Crippen molar-refractivity contribution in [3.8, 4) is 0 Å². The van der Waals surface area contributed by atoms with Crippen LogP contribution in [-0.2, 0) is 15.0 Å². The van der Waals surface area contributed by atoms with Crippen molar-refractivity contribution < 1.29 is 18.3 Å². The van der Waals surface area contributed by atoms with Crippen molar-refractivity contribution in [2.45, 2.75) is 38.1 Å². The molecule has 1 aliphatic heterocycles. The first-order chi connectivity index (χ1) is 8.43. The van der Waals surface area contributed by atoms with Crippen LogP contribution in [-0.4, -0.2) is 54.3 Å². The maximum atomic E-state index is 12.4. The molecule has 1 heterocycles. The van der Waals surface area contributed by atoms with Gasteiger partial charge in [-0.1, -0.05) is 0 Å². The molecule has 0 bridgehead atoms. The molecule has 1 saturated carbocycles. The van der Waals surface area contributed by atoms with Gasteiger partial charge in [0.15, 0.2) is 0 Å². The van der Waals surface area contributed by atoms with E-state index in [0.717, 1.165) is 30.0 Å². The molecule has 0 aromatic heterocycles. The van der Waals surface area contributed by atoms with E-state index in [2.05, 4.69) is 0 Å². The summed E-state index contributed by atoms with van der Waals surface area (Å²) >= 11 is 0. The molecule has 18 heavy (non-hydrogen) atoms. The van der Waals surface area contributed by atoms with E-state index >= 15 is 0 Å². The van der Waals surface area contributed by atoms with Gasteiger partial charge < -0.3 is 5.11 Å². The number of carboxylic acids is 1. The fourth-order valence-corrected chi connectivity index (χ4v) is 4.00. The first-order valence-electron chi connectivity index (χ1n) is 6.39. The van der Waals surface area contributed by atoms with Crippen molar-refractivity contribution in [3.05, 3.63) is 0 Å². The summed E-state index contributed by atoms with van der Waals surface area (Å²) in [5, 5.41) is 9.12. The Kier molecular flexibility index (Phi) is 3.93. The number of nitrogens with zero attached hydrogens (tertiary/aromatic N) is 2. The lowest BCUT2D eigenvalue weighted by Gasteiger charge is -2.34. The van der Waals surface area contributed by atoms with Gasteiger partial charge in [0.2, 0.25) is 0 Å². The Morgan fingerprint density at radius 1 is 1.33 bits per heavy atom. The molecular formula is C11H20N2O4S. The second kappa shape index (κ2) is 5.14. The van der Waals surface area contributed by atoms with Crippen LogP contribution in [0, 0.1) is 5.92 Å². The average molecular weight is 276 g/mol. The SMILES string of the molecule is CN(CC1CC1)S(=O)(=O)N1CCCCC1C(=O)O. The van der Waals surface area contributed by atoms with Gasteiger partial charge in [-0.25, -0.2) is 0 Å². The van der Waals surface area contributed by atoms with Crippen molar-refractivity contribution in [2.75, 3.05) is 20.1 Å². The third kappa shape index (κ3) is 2.84. The van der Waals surface area contributed by atoms with Crippen LogP contribution in [0.25, 0.3) is 0 Å². The second-order valence-corrected chi connectivity index (χ2v) is 7.18. The highest BCUT2D eigenvalue weighted by Crippen LogP contribution is 2.31. The van der Waals surface area contributed by atoms with Crippen LogP contribution in [0.5, 0.6) is 0 Å². The van der Waals surface area contributed by atoms with Gasteiger partial charge in [0.1, 0.15) is 6.04 Å². The van der Waals surface area contributed by atoms with Crippen molar-refractivity contribution in [3.63, 3.8) is 0 Å². The Balaban J connectivity index is 2.12. The highest BCUT2D eigenvalue weighted by atomic mass is 32.2. The Morgan fingerprint density at radius 3 is 2.56 bits per heavy atom. The smallest absolute Gasteiger partial charge is 0.322 e. The van der Waals surface area contributed by atoms with E-state index in [-0.39, 0.29) is 0 Å². The molecule has 1 saturated heterocycles. The van der Waals surface area contributed by atoms with Gasteiger partial charge in [-0.2, -0.15) is 17.0 Å². The van der Waals surface area contributed by atoms with E-state index < -0.39 is 22.2 Å². The number of piperidine rings is 1. The average Bonchev–Trinajstić information content (AvgIpc) is 3.12. The van der Waals surface area contributed by atoms with E-state index in [1.54, 1.807) is 7.05 Å². The first kappa shape index (κ1) is 13.8. The molecule has 104 valence electrons. The van der Waals surface area contributed by atoms with Gasteiger partial charge >= 0.3 is 5.97 Å². The van der Waals surface area contributed by atoms with Gasteiger partial charge in [0, 0.05) is 20.1 Å². The van der Waals surface area contributed by atoms with Crippen molar-refractivity contribution >= 4 is 16.2 Å². The Labute approximate surface area is 108 Å². The number of carboxylic acid groups (broad SMARTS) is 1. The topological polar surface area (TPSA) is 77.9 Å². The Morgan fingerprint density at radius 2 is 2.00 bits per heavy atom. The molecule has 1 unspecified atom stereocenters. The summed E-state index contributed by atoms with van der Waals surface area (Å²) in [6.07, 6.45) is 4.06. The maximum Gasteiger partial charge on any atom is 0.322 e. The van der Waals surface area contributed by atoms with Crippen LogP contribution in [0.1, 0.15) is 32.1 Å². The van der Waals surface area contributed by atoms with E-state index in [1.807, 2.05) is 0 Å². The number of hydrogen-bond acceptors (Lipinski definition) is 3. The summed E-state index contributed by atoms with van der Waals surface area (Å²) in [5.74, 6) is -0.587. The molecule has 0 aromatic rings. The number of aliphatic carboxylic acids is 1. The van der Waals surface area contributed by atoms with Crippen molar-refractivity contribution in [2.24, 2.45) is 5.92 Å². The van der Waals surface area contributed by atoms with Gasteiger partial charge in [0.05, 0.1) is 0 Å². The largest absolute Gasteiger partial charge is 0.480 e. The number of rotatable bonds is 5. The zero-order valence-electron chi connectivity index (χ0n) is 10.6. The predicted octanol–water partition coefficient (Wildman–Crippen LogP) is 0.512.